The molecule has 6 heteroatoms. The molecule has 2 aromatic heterocycles. The lowest BCUT2D eigenvalue weighted by Crippen LogP contribution is -1.98. The molecule has 0 aliphatic rings. The van der Waals surface area contributed by atoms with Gasteiger partial charge in [-0.25, -0.2) is 4.98 Å². The van der Waals surface area contributed by atoms with Crippen LogP contribution in [0.15, 0.2) is 78.9 Å². The van der Waals surface area contributed by atoms with Crippen molar-refractivity contribution in [3.05, 3.63) is 111 Å². The molecule has 0 atom stereocenters. The summed E-state index contributed by atoms with van der Waals surface area (Å²) in [6, 6.07) is 26.7. The highest BCUT2D eigenvalue weighted by molar-refractivity contribution is 5.89. The summed E-state index contributed by atoms with van der Waals surface area (Å²) in [5.41, 5.74) is 6.81. The van der Waals surface area contributed by atoms with E-state index in [9.17, 15) is 15.4 Å². The molecular weight excluding hydrogens is 412 g/mol. The number of hydrogen-bond acceptors (Lipinski definition) is 4. The summed E-state index contributed by atoms with van der Waals surface area (Å²) in [6.45, 7) is 2.03. The van der Waals surface area contributed by atoms with Crippen LogP contribution in [0.25, 0.3) is 40.1 Å². The quantitative estimate of drug-likeness (QED) is 0.243. The number of aryl methyl sites for hydroxylation is 1. The van der Waals surface area contributed by atoms with E-state index in [1.165, 1.54) is 6.07 Å². The number of rotatable bonds is 4. The minimum absolute atomic E-state index is 0.0128. The number of aromatic nitrogens is 2. The number of imidazole rings is 1. The van der Waals surface area contributed by atoms with Crippen LogP contribution in [-0.2, 0) is 0 Å². The molecule has 158 valence electrons. The van der Waals surface area contributed by atoms with Crippen LogP contribution in [-0.4, -0.2) is 14.3 Å². The van der Waals surface area contributed by atoms with Gasteiger partial charge in [0.2, 0.25) is 0 Å². The zero-order valence-electron chi connectivity index (χ0n) is 17.8. The third-order valence-corrected chi connectivity index (χ3v) is 5.61. The fourth-order valence-electron chi connectivity index (χ4n) is 4.09. The number of hydrogen-bond donors (Lipinski definition) is 0. The Bertz CT molecular complexity index is 1620. The van der Waals surface area contributed by atoms with E-state index in [0.717, 1.165) is 27.9 Å². The predicted octanol–water partition coefficient (Wildman–Crippen LogP) is 6.41. The van der Waals surface area contributed by atoms with Crippen molar-refractivity contribution in [2.75, 3.05) is 0 Å². The molecule has 0 spiro atoms. The molecule has 0 radical (unpaired) electrons. The lowest BCUT2D eigenvalue weighted by atomic mass is 10.0. The molecule has 5 aromatic rings. The largest absolute Gasteiger partial charge is 0.291 e. The van der Waals surface area contributed by atoms with Gasteiger partial charge in [0.25, 0.3) is 5.69 Å². The molecule has 5 rings (SSSR count). The van der Waals surface area contributed by atoms with E-state index in [-0.39, 0.29) is 5.69 Å². The van der Waals surface area contributed by atoms with Crippen molar-refractivity contribution in [2.24, 2.45) is 0 Å². The fourth-order valence-corrected chi connectivity index (χ4v) is 4.09. The zero-order valence-corrected chi connectivity index (χ0v) is 17.8. The molecule has 0 unspecified atom stereocenters. The topological polar surface area (TPSA) is 84.2 Å². The molecule has 33 heavy (non-hydrogen) atoms. The minimum atomic E-state index is -0.409. The van der Waals surface area contributed by atoms with Crippen molar-refractivity contribution in [3.8, 4) is 17.3 Å². The summed E-state index contributed by atoms with van der Waals surface area (Å²) in [7, 11) is 0. The first kappa shape index (κ1) is 20.2. The van der Waals surface area contributed by atoms with Gasteiger partial charge in [-0.3, -0.25) is 14.5 Å². The summed E-state index contributed by atoms with van der Waals surface area (Å²) in [4.78, 5) is 15.8. The first-order valence-corrected chi connectivity index (χ1v) is 10.4. The van der Waals surface area contributed by atoms with Crippen LogP contribution in [0.1, 0.15) is 22.3 Å². The van der Waals surface area contributed by atoms with Gasteiger partial charge in [0.15, 0.2) is 5.65 Å². The maximum atomic E-state index is 11.4. The van der Waals surface area contributed by atoms with Gasteiger partial charge in [-0.2, -0.15) is 5.26 Å². The van der Waals surface area contributed by atoms with E-state index < -0.39 is 4.92 Å². The van der Waals surface area contributed by atoms with Crippen LogP contribution in [0.5, 0.6) is 0 Å². The Morgan fingerprint density at radius 1 is 0.970 bits per heavy atom. The molecule has 0 amide bonds. The molecule has 2 heterocycles. The van der Waals surface area contributed by atoms with Crippen LogP contribution < -0.4 is 0 Å². The van der Waals surface area contributed by atoms with Gasteiger partial charge in [0.05, 0.1) is 27.2 Å². The summed E-state index contributed by atoms with van der Waals surface area (Å²) >= 11 is 0. The van der Waals surface area contributed by atoms with Crippen LogP contribution in [0.2, 0.25) is 0 Å². The number of benzene rings is 3. The van der Waals surface area contributed by atoms with Gasteiger partial charge >= 0.3 is 0 Å². The highest BCUT2D eigenvalue weighted by Crippen LogP contribution is 2.32. The summed E-state index contributed by atoms with van der Waals surface area (Å²) in [5.74, 6) is 0. The highest BCUT2D eigenvalue weighted by atomic mass is 16.6. The molecule has 0 saturated heterocycles. The van der Waals surface area contributed by atoms with Gasteiger partial charge in [0, 0.05) is 6.07 Å². The molecule has 0 aliphatic heterocycles. The third-order valence-electron chi connectivity index (χ3n) is 5.61. The van der Waals surface area contributed by atoms with Crippen molar-refractivity contribution >= 4 is 34.5 Å². The minimum Gasteiger partial charge on any atom is -0.291 e. The number of nitro benzene ring substituents is 1. The molecular formula is C27H18N4O2. The molecule has 0 aliphatic carbocycles. The van der Waals surface area contributed by atoms with Crippen LogP contribution in [0, 0.1) is 28.4 Å². The lowest BCUT2D eigenvalue weighted by molar-refractivity contribution is -0.385. The van der Waals surface area contributed by atoms with Crippen LogP contribution in [0.4, 0.5) is 5.69 Å². The number of nitrogens with zero attached hydrogens (tertiary/aromatic N) is 4. The van der Waals surface area contributed by atoms with E-state index in [1.54, 1.807) is 30.4 Å². The van der Waals surface area contributed by atoms with Gasteiger partial charge in [-0.1, -0.05) is 54.1 Å². The van der Waals surface area contributed by atoms with E-state index in [4.69, 9.17) is 4.98 Å². The standard InChI is InChI=1S/C27H18N4O2/c1-18-7-6-9-21(15-18)26-16-20(14-13-19-8-2-4-11-24(19)31(32)33)22(17-28)27-29-23-10-3-5-12-25(23)30(26)27/h2-16H,1H3/b14-13+. The summed E-state index contributed by atoms with van der Waals surface area (Å²) in [5, 5.41) is 21.4. The van der Waals surface area contributed by atoms with Gasteiger partial charge in [-0.15, -0.1) is 0 Å². The smallest absolute Gasteiger partial charge is 0.276 e. The molecule has 0 fully saturated rings. The Morgan fingerprint density at radius 2 is 1.73 bits per heavy atom. The molecule has 0 bridgehead atoms. The second kappa shape index (κ2) is 8.06. The Hall–Kier alpha value is -4.76. The SMILES string of the molecule is Cc1cccc(-c2cc(/C=C/c3ccccc3[N+](=O)[O-])c(C#N)c3nc4ccccc4n23)c1. The second-order valence-electron chi connectivity index (χ2n) is 7.75. The summed E-state index contributed by atoms with van der Waals surface area (Å²) < 4.78 is 2.00. The van der Waals surface area contributed by atoms with E-state index in [0.29, 0.717) is 22.3 Å². The van der Waals surface area contributed by atoms with E-state index in [1.807, 2.05) is 59.9 Å². The van der Waals surface area contributed by atoms with Crippen molar-refractivity contribution < 1.29 is 4.92 Å². The highest BCUT2D eigenvalue weighted by Gasteiger charge is 2.17. The lowest BCUT2D eigenvalue weighted by Gasteiger charge is -2.11. The number of para-hydroxylation sites is 3. The Morgan fingerprint density at radius 3 is 2.52 bits per heavy atom. The average molecular weight is 430 g/mol. The van der Waals surface area contributed by atoms with Crippen molar-refractivity contribution in [1.82, 2.24) is 9.38 Å². The number of nitro groups is 1. The predicted molar refractivity (Wildman–Crippen MR) is 130 cm³/mol. The normalized spacial score (nSPS) is 11.3. The Labute approximate surface area is 189 Å². The number of pyridine rings is 1. The first-order valence-electron chi connectivity index (χ1n) is 10.4. The first-order chi connectivity index (χ1) is 16.1. The number of fused-ring (bicyclic) bond motifs is 3. The molecule has 3 aromatic carbocycles. The Balaban J connectivity index is 1.81. The van der Waals surface area contributed by atoms with Gasteiger partial charge in [-0.05, 0) is 54.5 Å². The maximum absolute atomic E-state index is 11.4. The fraction of sp³-hybridized carbons (Fsp3) is 0.0370. The Kier molecular flexibility index (Phi) is 4.92. The second-order valence-corrected chi connectivity index (χ2v) is 7.75. The van der Waals surface area contributed by atoms with E-state index in [2.05, 4.69) is 12.1 Å². The molecule has 0 saturated carbocycles. The van der Waals surface area contributed by atoms with Gasteiger partial charge in [0.1, 0.15) is 11.6 Å². The molecule has 6 nitrogen and oxygen atoms in total. The van der Waals surface area contributed by atoms with E-state index >= 15 is 0 Å². The summed E-state index contributed by atoms with van der Waals surface area (Å²) in [6.07, 6.45) is 3.42. The third kappa shape index (κ3) is 3.52. The maximum Gasteiger partial charge on any atom is 0.276 e. The molecule has 0 N–H and O–H groups in total. The van der Waals surface area contributed by atoms with Gasteiger partial charge < -0.3 is 0 Å². The van der Waals surface area contributed by atoms with Crippen LogP contribution >= 0.6 is 0 Å². The van der Waals surface area contributed by atoms with Crippen molar-refractivity contribution in [3.63, 3.8) is 0 Å². The van der Waals surface area contributed by atoms with Crippen molar-refractivity contribution in [1.29, 1.82) is 5.26 Å². The number of nitriles is 1. The van der Waals surface area contributed by atoms with Crippen molar-refractivity contribution in [2.45, 2.75) is 6.92 Å². The average Bonchev–Trinajstić information content (AvgIpc) is 3.21. The van der Waals surface area contributed by atoms with Crippen LogP contribution in [0.3, 0.4) is 0 Å². The zero-order chi connectivity index (χ0) is 22.9. The monoisotopic (exact) mass is 430 g/mol.